The number of alkyl halides is 1. The van der Waals surface area contributed by atoms with Crippen molar-refractivity contribution in [3.05, 3.63) is 30.3 Å². The summed E-state index contributed by atoms with van der Waals surface area (Å²) in [6, 6.07) is 9.86. The van der Waals surface area contributed by atoms with Gasteiger partial charge < -0.3 is 4.74 Å². The molecule has 0 aliphatic heterocycles. The average Bonchev–Trinajstić information content (AvgIpc) is 2.19. The lowest BCUT2D eigenvalue weighted by molar-refractivity contribution is 0.245. The maximum absolute atomic E-state index is 5.82. The number of benzene rings is 1. The molecular formula is C12H17ClO. The Balaban J connectivity index is 2.29. The van der Waals surface area contributed by atoms with Crippen molar-refractivity contribution >= 4 is 11.6 Å². The van der Waals surface area contributed by atoms with Crippen molar-refractivity contribution in [3.8, 4) is 5.75 Å². The number of halogens is 1. The van der Waals surface area contributed by atoms with Crippen molar-refractivity contribution in [3.63, 3.8) is 0 Å². The molecule has 1 aromatic carbocycles. The Morgan fingerprint density at radius 3 is 2.43 bits per heavy atom. The van der Waals surface area contributed by atoms with Gasteiger partial charge in [-0.05, 0) is 24.0 Å². The molecule has 1 aromatic rings. The Morgan fingerprint density at radius 1 is 1.21 bits per heavy atom. The Morgan fingerprint density at radius 2 is 1.86 bits per heavy atom. The molecule has 0 spiro atoms. The summed E-state index contributed by atoms with van der Waals surface area (Å²) in [6.45, 7) is 5.02. The van der Waals surface area contributed by atoms with Gasteiger partial charge in [-0.2, -0.15) is 0 Å². The maximum Gasteiger partial charge on any atom is 0.119 e. The molecule has 0 saturated heterocycles. The maximum atomic E-state index is 5.82. The normalized spacial score (nSPS) is 11.4. The van der Waals surface area contributed by atoms with Crippen LogP contribution in [-0.2, 0) is 0 Å². The second-order valence-corrected chi connectivity index (χ2v) is 4.48. The summed E-state index contributed by atoms with van der Waals surface area (Å²) in [5.74, 6) is 1.60. The molecule has 2 heteroatoms. The van der Waals surface area contributed by atoms with Gasteiger partial charge in [0.2, 0.25) is 0 Å². The number of hydrogen-bond donors (Lipinski definition) is 0. The van der Waals surface area contributed by atoms with Crippen LogP contribution in [-0.4, -0.2) is 12.5 Å². The van der Waals surface area contributed by atoms with Crippen LogP contribution >= 0.6 is 11.6 Å². The van der Waals surface area contributed by atoms with Gasteiger partial charge in [0, 0.05) is 5.88 Å². The third kappa shape index (κ3) is 4.01. The van der Waals surface area contributed by atoms with E-state index in [0.717, 1.165) is 18.8 Å². The predicted octanol–water partition coefficient (Wildman–Crippen LogP) is 3.72. The molecule has 0 atom stereocenters. The fourth-order valence-electron chi connectivity index (χ4n) is 1.03. The zero-order valence-corrected chi connectivity index (χ0v) is 9.55. The summed E-state index contributed by atoms with van der Waals surface area (Å²) in [7, 11) is 0. The van der Waals surface area contributed by atoms with Crippen molar-refractivity contribution in [2.24, 2.45) is 5.41 Å². The fraction of sp³-hybridized carbons (Fsp3) is 0.500. The predicted molar refractivity (Wildman–Crippen MR) is 61.1 cm³/mol. The third-order valence-electron chi connectivity index (χ3n) is 2.15. The summed E-state index contributed by atoms with van der Waals surface area (Å²) in [4.78, 5) is 0. The van der Waals surface area contributed by atoms with Crippen LogP contribution in [0.4, 0.5) is 0 Å². The van der Waals surface area contributed by atoms with Crippen LogP contribution in [0.25, 0.3) is 0 Å². The summed E-state index contributed by atoms with van der Waals surface area (Å²) < 4.78 is 5.59. The number of hydrogen-bond acceptors (Lipinski definition) is 1. The van der Waals surface area contributed by atoms with E-state index in [4.69, 9.17) is 16.3 Å². The third-order valence-corrected chi connectivity index (χ3v) is 2.88. The van der Waals surface area contributed by atoms with E-state index in [-0.39, 0.29) is 5.41 Å². The molecule has 0 bridgehead atoms. The summed E-state index contributed by atoms with van der Waals surface area (Å²) in [5.41, 5.74) is 0.163. The van der Waals surface area contributed by atoms with Crippen LogP contribution in [0, 0.1) is 5.41 Å². The lowest BCUT2D eigenvalue weighted by Gasteiger charge is -2.20. The minimum atomic E-state index is 0.163. The highest BCUT2D eigenvalue weighted by Crippen LogP contribution is 2.22. The highest BCUT2D eigenvalue weighted by atomic mass is 35.5. The van der Waals surface area contributed by atoms with Crippen LogP contribution in [0.1, 0.15) is 20.3 Å². The van der Waals surface area contributed by atoms with Gasteiger partial charge in [-0.3, -0.25) is 0 Å². The molecule has 1 nitrogen and oxygen atoms in total. The van der Waals surface area contributed by atoms with Crippen LogP contribution in [0.15, 0.2) is 30.3 Å². The van der Waals surface area contributed by atoms with Gasteiger partial charge in [-0.1, -0.05) is 32.0 Å². The lowest BCUT2D eigenvalue weighted by Crippen LogP contribution is -2.17. The first kappa shape index (κ1) is 11.4. The number of ether oxygens (including phenoxy) is 1. The van der Waals surface area contributed by atoms with Gasteiger partial charge in [0.15, 0.2) is 0 Å². The zero-order chi connectivity index (χ0) is 10.4. The Labute approximate surface area is 91.0 Å². The van der Waals surface area contributed by atoms with Crippen molar-refractivity contribution < 1.29 is 4.74 Å². The van der Waals surface area contributed by atoms with E-state index in [1.165, 1.54) is 0 Å². The van der Waals surface area contributed by atoms with E-state index >= 15 is 0 Å². The number of para-hydroxylation sites is 1. The molecule has 14 heavy (non-hydrogen) atoms. The smallest absolute Gasteiger partial charge is 0.119 e. The molecule has 78 valence electrons. The molecule has 0 N–H and O–H groups in total. The van der Waals surface area contributed by atoms with E-state index in [1.807, 2.05) is 30.3 Å². The quantitative estimate of drug-likeness (QED) is 0.676. The second kappa shape index (κ2) is 5.26. The van der Waals surface area contributed by atoms with Gasteiger partial charge in [0.1, 0.15) is 5.75 Å². The zero-order valence-electron chi connectivity index (χ0n) is 8.79. The first-order valence-electron chi connectivity index (χ1n) is 4.88. The Hall–Kier alpha value is -0.690. The minimum absolute atomic E-state index is 0.163. The van der Waals surface area contributed by atoms with Crippen LogP contribution < -0.4 is 4.74 Å². The SMILES string of the molecule is CC(C)(CCl)CCOc1ccccc1. The van der Waals surface area contributed by atoms with Gasteiger partial charge in [-0.15, -0.1) is 11.6 Å². The summed E-state index contributed by atoms with van der Waals surface area (Å²) in [5, 5.41) is 0. The molecule has 0 fully saturated rings. The van der Waals surface area contributed by atoms with Gasteiger partial charge >= 0.3 is 0 Å². The molecule has 1 rings (SSSR count). The first-order valence-corrected chi connectivity index (χ1v) is 5.41. The van der Waals surface area contributed by atoms with Crippen molar-refractivity contribution in [2.45, 2.75) is 20.3 Å². The molecule has 0 amide bonds. The fourth-order valence-corrected chi connectivity index (χ4v) is 1.16. The largest absolute Gasteiger partial charge is 0.494 e. The highest BCUT2D eigenvalue weighted by molar-refractivity contribution is 6.18. The molecule has 0 aliphatic rings. The molecular weight excluding hydrogens is 196 g/mol. The van der Waals surface area contributed by atoms with Gasteiger partial charge in [0.25, 0.3) is 0 Å². The highest BCUT2D eigenvalue weighted by Gasteiger charge is 2.15. The van der Waals surface area contributed by atoms with Crippen LogP contribution in [0.3, 0.4) is 0 Å². The van der Waals surface area contributed by atoms with Gasteiger partial charge in [-0.25, -0.2) is 0 Å². The Bertz CT molecular complexity index is 256. The number of rotatable bonds is 5. The molecule has 0 unspecified atom stereocenters. The van der Waals surface area contributed by atoms with E-state index in [1.54, 1.807) is 0 Å². The first-order chi connectivity index (χ1) is 6.64. The van der Waals surface area contributed by atoms with Crippen molar-refractivity contribution in [1.82, 2.24) is 0 Å². The molecule has 0 saturated carbocycles. The lowest BCUT2D eigenvalue weighted by atomic mass is 9.93. The van der Waals surface area contributed by atoms with E-state index in [0.29, 0.717) is 5.88 Å². The van der Waals surface area contributed by atoms with Gasteiger partial charge in [0.05, 0.1) is 6.61 Å². The second-order valence-electron chi connectivity index (χ2n) is 4.21. The minimum Gasteiger partial charge on any atom is -0.494 e. The monoisotopic (exact) mass is 212 g/mol. The van der Waals surface area contributed by atoms with E-state index in [2.05, 4.69) is 13.8 Å². The average molecular weight is 213 g/mol. The Kier molecular flexibility index (Phi) is 4.27. The molecule has 0 aromatic heterocycles. The van der Waals surface area contributed by atoms with Crippen molar-refractivity contribution in [1.29, 1.82) is 0 Å². The molecule has 0 radical (unpaired) electrons. The summed E-state index contributed by atoms with van der Waals surface area (Å²) in [6.07, 6.45) is 0.978. The summed E-state index contributed by atoms with van der Waals surface area (Å²) >= 11 is 5.82. The standard InChI is InChI=1S/C12H17ClO/c1-12(2,10-13)8-9-14-11-6-4-3-5-7-11/h3-7H,8-10H2,1-2H3. The van der Waals surface area contributed by atoms with Crippen LogP contribution in [0.5, 0.6) is 5.75 Å². The molecule has 0 heterocycles. The van der Waals surface area contributed by atoms with E-state index in [9.17, 15) is 0 Å². The van der Waals surface area contributed by atoms with E-state index < -0.39 is 0 Å². The van der Waals surface area contributed by atoms with Crippen molar-refractivity contribution in [2.75, 3.05) is 12.5 Å². The topological polar surface area (TPSA) is 9.23 Å². The molecule has 0 aliphatic carbocycles. The van der Waals surface area contributed by atoms with Crippen LogP contribution in [0.2, 0.25) is 0 Å².